The summed E-state index contributed by atoms with van der Waals surface area (Å²) in [5, 5.41) is 0. The van der Waals surface area contributed by atoms with Gasteiger partial charge >= 0.3 is 0 Å². The van der Waals surface area contributed by atoms with Crippen LogP contribution in [-0.2, 0) is 0 Å². The van der Waals surface area contributed by atoms with Gasteiger partial charge in [-0.3, -0.25) is 4.99 Å². The zero-order chi connectivity index (χ0) is 6.53. The van der Waals surface area contributed by atoms with Gasteiger partial charge in [0.2, 0.25) is 0 Å². The van der Waals surface area contributed by atoms with E-state index in [1.807, 2.05) is 13.0 Å². The molecule has 1 rings (SSSR count). The van der Waals surface area contributed by atoms with Crippen LogP contribution < -0.4 is 0 Å². The second-order valence-electron chi connectivity index (χ2n) is 1.62. The van der Waals surface area contributed by atoms with Crippen molar-refractivity contribution in [2.75, 3.05) is 6.54 Å². The first-order chi connectivity index (χ1) is 4.43. The van der Waals surface area contributed by atoms with Gasteiger partial charge in [-0.15, -0.1) is 0 Å². The van der Waals surface area contributed by atoms with Crippen LogP contribution in [0.2, 0.25) is 0 Å². The largest absolute Gasteiger partial charge is 0.285 e. The van der Waals surface area contributed by atoms with E-state index in [-0.39, 0.29) is 0 Å². The zero-order valence-corrected chi connectivity index (χ0v) is 5.33. The zero-order valence-electron chi connectivity index (χ0n) is 5.33. The Hall–Kier alpha value is -1.14. The van der Waals surface area contributed by atoms with Gasteiger partial charge in [-0.2, -0.15) is 0 Å². The van der Waals surface area contributed by atoms with Crippen molar-refractivity contribution < 1.29 is 0 Å². The molecule has 0 aromatic carbocycles. The molecule has 0 saturated carbocycles. The monoisotopic (exact) mass is 120 g/mol. The molecule has 0 unspecified atom stereocenters. The van der Waals surface area contributed by atoms with Crippen LogP contribution in [0.15, 0.2) is 28.3 Å². The molecule has 0 atom stereocenters. The molecule has 0 amide bonds. The summed E-state index contributed by atoms with van der Waals surface area (Å²) >= 11 is 0. The standard InChI is InChI=1S/C7H8N2/c1-2-9-7-3-5-8-6-4-7/h3-5H,2H2,1H3/b9-7-. The molecule has 0 fully saturated rings. The smallest absolute Gasteiger partial charge is 0.0682 e. The van der Waals surface area contributed by atoms with Crippen LogP contribution in [0.3, 0.4) is 0 Å². The molecule has 1 heterocycles. The van der Waals surface area contributed by atoms with Crippen molar-refractivity contribution >= 4 is 11.6 Å². The van der Waals surface area contributed by atoms with Gasteiger partial charge in [0.1, 0.15) is 0 Å². The van der Waals surface area contributed by atoms with Crippen molar-refractivity contribution in [3.63, 3.8) is 0 Å². The lowest BCUT2D eigenvalue weighted by molar-refractivity contribution is 1.13. The van der Waals surface area contributed by atoms with E-state index in [2.05, 4.69) is 15.9 Å². The van der Waals surface area contributed by atoms with Crippen LogP contribution in [0.4, 0.5) is 0 Å². The summed E-state index contributed by atoms with van der Waals surface area (Å²) in [4.78, 5) is 7.88. The molecule has 0 aromatic heterocycles. The minimum absolute atomic E-state index is 0.817. The first-order valence-corrected chi connectivity index (χ1v) is 2.93. The lowest BCUT2D eigenvalue weighted by Crippen LogP contribution is -1.90. The van der Waals surface area contributed by atoms with E-state index in [0.29, 0.717) is 0 Å². The van der Waals surface area contributed by atoms with Gasteiger partial charge in [-0.25, -0.2) is 4.99 Å². The maximum Gasteiger partial charge on any atom is 0.0682 e. The number of rotatable bonds is 1. The fourth-order valence-electron chi connectivity index (χ4n) is 0.589. The van der Waals surface area contributed by atoms with Gasteiger partial charge < -0.3 is 0 Å². The third-order valence-electron chi connectivity index (χ3n) is 0.947. The number of nitrogens with zero attached hydrogens (tertiary/aromatic N) is 2. The molecule has 0 aliphatic carbocycles. The average Bonchev–Trinajstić information content (AvgIpc) is 1.91. The molecule has 1 aliphatic heterocycles. The minimum atomic E-state index is 0.817. The third kappa shape index (κ3) is 1.67. The summed E-state index contributed by atoms with van der Waals surface area (Å²) in [5.41, 5.74) is 0.951. The molecule has 1 aliphatic rings. The molecule has 46 valence electrons. The normalized spacial score (nSPS) is 19.4. The Kier molecular flexibility index (Phi) is 2.00. The Bertz CT molecular complexity index is 205. The average molecular weight is 120 g/mol. The van der Waals surface area contributed by atoms with E-state index < -0.39 is 0 Å². The molecular formula is C7H8N2. The van der Waals surface area contributed by atoms with Gasteiger partial charge in [0.05, 0.1) is 5.71 Å². The highest BCUT2D eigenvalue weighted by atomic mass is 14.7. The number of allylic oxidation sites excluding steroid dienone is 2. The van der Waals surface area contributed by atoms with E-state index in [1.54, 1.807) is 12.3 Å². The molecule has 0 bridgehead atoms. The van der Waals surface area contributed by atoms with E-state index in [4.69, 9.17) is 0 Å². The van der Waals surface area contributed by atoms with Gasteiger partial charge in [-0.1, -0.05) is 0 Å². The first-order valence-electron chi connectivity index (χ1n) is 2.93. The molecule has 0 spiro atoms. The van der Waals surface area contributed by atoms with E-state index in [0.717, 1.165) is 12.3 Å². The van der Waals surface area contributed by atoms with Crippen LogP contribution in [0.1, 0.15) is 6.92 Å². The number of hydrogen-bond acceptors (Lipinski definition) is 2. The maximum atomic E-state index is 4.14. The Balaban J connectivity index is 2.76. The molecular weight excluding hydrogens is 112 g/mol. The predicted octanol–water partition coefficient (Wildman–Crippen LogP) is 1.20. The molecule has 0 saturated heterocycles. The Morgan fingerprint density at radius 2 is 2.67 bits per heavy atom. The minimum Gasteiger partial charge on any atom is -0.285 e. The highest BCUT2D eigenvalue weighted by molar-refractivity contribution is 6.09. The quantitative estimate of drug-likeness (QED) is 0.496. The van der Waals surface area contributed by atoms with Crippen molar-refractivity contribution in [2.45, 2.75) is 6.92 Å². The molecule has 0 radical (unpaired) electrons. The fraction of sp³-hybridized carbons (Fsp3) is 0.286. The lowest BCUT2D eigenvalue weighted by Gasteiger charge is -1.90. The maximum absolute atomic E-state index is 4.14. The summed E-state index contributed by atoms with van der Waals surface area (Å²) in [6, 6.07) is 0. The van der Waals surface area contributed by atoms with Gasteiger partial charge in [-0.05, 0) is 18.9 Å². The Labute approximate surface area is 54.3 Å². The molecule has 2 heteroatoms. The number of hydrogen-bond donors (Lipinski definition) is 0. The van der Waals surface area contributed by atoms with Crippen LogP contribution in [0.5, 0.6) is 0 Å². The topological polar surface area (TPSA) is 24.7 Å². The van der Waals surface area contributed by atoms with Crippen molar-refractivity contribution in [1.29, 1.82) is 0 Å². The SMILES string of the molecule is CC/N=C1\C=C=NC=C1. The second-order valence-corrected chi connectivity index (χ2v) is 1.62. The fourth-order valence-corrected chi connectivity index (χ4v) is 0.589. The predicted molar refractivity (Wildman–Crippen MR) is 39.1 cm³/mol. The third-order valence-corrected chi connectivity index (χ3v) is 0.947. The molecule has 2 nitrogen and oxygen atoms in total. The Morgan fingerprint density at radius 1 is 1.78 bits per heavy atom. The lowest BCUT2D eigenvalue weighted by atomic mass is 10.3. The van der Waals surface area contributed by atoms with E-state index in [1.165, 1.54) is 0 Å². The van der Waals surface area contributed by atoms with Gasteiger partial charge in [0.25, 0.3) is 0 Å². The molecule has 0 N–H and O–H groups in total. The van der Waals surface area contributed by atoms with E-state index >= 15 is 0 Å². The van der Waals surface area contributed by atoms with Crippen molar-refractivity contribution in [1.82, 2.24) is 0 Å². The first kappa shape index (κ1) is 5.99. The highest BCUT2D eigenvalue weighted by Gasteiger charge is 1.86. The van der Waals surface area contributed by atoms with Crippen molar-refractivity contribution in [2.24, 2.45) is 9.98 Å². The van der Waals surface area contributed by atoms with Crippen LogP contribution in [-0.4, -0.2) is 18.1 Å². The summed E-state index contributed by atoms with van der Waals surface area (Å²) in [6.07, 6.45) is 5.32. The molecule has 9 heavy (non-hydrogen) atoms. The van der Waals surface area contributed by atoms with Crippen LogP contribution in [0, 0.1) is 0 Å². The van der Waals surface area contributed by atoms with Gasteiger partial charge in [0, 0.05) is 18.8 Å². The van der Waals surface area contributed by atoms with Crippen molar-refractivity contribution in [3.8, 4) is 0 Å². The van der Waals surface area contributed by atoms with Crippen LogP contribution >= 0.6 is 0 Å². The molecule has 0 aromatic rings. The van der Waals surface area contributed by atoms with Gasteiger partial charge in [0.15, 0.2) is 0 Å². The van der Waals surface area contributed by atoms with Crippen LogP contribution in [0.25, 0.3) is 0 Å². The summed E-state index contributed by atoms with van der Waals surface area (Å²) in [5.74, 6) is 2.70. The Morgan fingerprint density at radius 3 is 3.22 bits per heavy atom. The van der Waals surface area contributed by atoms with E-state index in [9.17, 15) is 0 Å². The summed E-state index contributed by atoms with van der Waals surface area (Å²) in [7, 11) is 0. The summed E-state index contributed by atoms with van der Waals surface area (Å²) in [6.45, 7) is 2.82. The van der Waals surface area contributed by atoms with Crippen molar-refractivity contribution in [3.05, 3.63) is 18.4 Å². The highest BCUT2D eigenvalue weighted by Crippen LogP contribution is 1.87. The summed E-state index contributed by atoms with van der Waals surface area (Å²) < 4.78 is 0. The number of aliphatic imine (C=N–C) groups is 2. The second kappa shape index (κ2) is 3.00.